The first-order valence-electron chi connectivity index (χ1n) is 10.3. The van der Waals surface area contributed by atoms with Gasteiger partial charge in [0, 0.05) is 17.2 Å². The molecule has 1 N–H and O–H groups in total. The number of carbonyl (C=O) groups is 1. The quantitative estimate of drug-likeness (QED) is 0.662. The molecule has 0 bridgehead atoms. The van der Waals surface area contributed by atoms with E-state index in [1.807, 2.05) is 30.3 Å². The maximum atomic E-state index is 13.1. The zero-order chi connectivity index (χ0) is 21.8. The summed E-state index contributed by atoms with van der Waals surface area (Å²) in [6, 6.07) is 14.9. The van der Waals surface area contributed by atoms with Gasteiger partial charge < -0.3 is 14.8 Å². The van der Waals surface area contributed by atoms with Crippen molar-refractivity contribution >= 4 is 11.6 Å². The Bertz CT molecular complexity index is 1160. The van der Waals surface area contributed by atoms with Crippen molar-refractivity contribution in [3.8, 4) is 22.8 Å². The van der Waals surface area contributed by atoms with Crippen LogP contribution >= 0.6 is 0 Å². The molecular formula is C24H25N3O4. The maximum absolute atomic E-state index is 13.1. The Morgan fingerprint density at radius 2 is 1.77 bits per heavy atom. The van der Waals surface area contributed by atoms with Crippen LogP contribution in [0.2, 0.25) is 0 Å². The van der Waals surface area contributed by atoms with Gasteiger partial charge in [-0.15, -0.1) is 0 Å². The number of hydrogen-bond donors (Lipinski definition) is 1. The zero-order valence-electron chi connectivity index (χ0n) is 17.7. The number of amides is 1. The van der Waals surface area contributed by atoms with E-state index in [1.165, 1.54) is 11.8 Å². The van der Waals surface area contributed by atoms with Crippen LogP contribution in [0.3, 0.4) is 0 Å². The van der Waals surface area contributed by atoms with Crippen LogP contribution in [0.25, 0.3) is 11.3 Å². The van der Waals surface area contributed by atoms with E-state index in [-0.39, 0.29) is 18.0 Å². The van der Waals surface area contributed by atoms with E-state index < -0.39 is 0 Å². The SMILES string of the molecule is COc1ccc(OC)c(NC(=O)Cn2nc(-c3ccccc3)c3c(c2=O)CCCC3)c1. The Morgan fingerprint density at radius 3 is 2.48 bits per heavy atom. The molecule has 31 heavy (non-hydrogen) atoms. The Kier molecular flexibility index (Phi) is 6.02. The highest BCUT2D eigenvalue weighted by molar-refractivity contribution is 5.92. The lowest BCUT2D eigenvalue weighted by Gasteiger charge is -2.20. The average Bonchev–Trinajstić information content (AvgIpc) is 2.81. The van der Waals surface area contributed by atoms with Crippen LogP contribution in [-0.4, -0.2) is 29.9 Å². The zero-order valence-corrected chi connectivity index (χ0v) is 17.7. The van der Waals surface area contributed by atoms with Gasteiger partial charge in [0.1, 0.15) is 18.0 Å². The summed E-state index contributed by atoms with van der Waals surface area (Å²) in [5.41, 5.74) is 3.79. The number of anilines is 1. The molecule has 0 fully saturated rings. The Hall–Kier alpha value is -3.61. The van der Waals surface area contributed by atoms with E-state index in [9.17, 15) is 9.59 Å². The Balaban J connectivity index is 1.67. The number of fused-ring (bicyclic) bond motifs is 1. The van der Waals surface area contributed by atoms with E-state index in [4.69, 9.17) is 9.47 Å². The van der Waals surface area contributed by atoms with Gasteiger partial charge in [-0.3, -0.25) is 9.59 Å². The van der Waals surface area contributed by atoms with Gasteiger partial charge in [-0.25, -0.2) is 4.68 Å². The van der Waals surface area contributed by atoms with Gasteiger partial charge in [0.2, 0.25) is 5.91 Å². The van der Waals surface area contributed by atoms with Gasteiger partial charge in [-0.05, 0) is 43.4 Å². The monoisotopic (exact) mass is 419 g/mol. The van der Waals surface area contributed by atoms with Crippen molar-refractivity contribution in [2.45, 2.75) is 32.2 Å². The smallest absolute Gasteiger partial charge is 0.270 e. The summed E-state index contributed by atoms with van der Waals surface area (Å²) in [6.45, 7) is -0.188. The number of benzene rings is 2. The van der Waals surface area contributed by atoms with Crippen LogP contribution in [0.5, 0.6) is 11.5 Å². The number of nitrogens with zero attached hydrogens (tertiary/aromatic N) is 2. The van der Waals surface area contributed by atoms with Gasteiger partial charge in [-0.1, -0.05) is 30.3 Å². The van der Waals surface area contributed by atoms with E-state index in [0.717, 1.165) is 41.6 Å². The first-order chi connectivity index (χ1) is 15.1. The van der Waals surface area contributed by atoms with Crippen molar-refractivity contribution in [3.63, 3.8) is 0 Å². The largest absolute Gasteiger partial charge is 0.497 e. The van der Waals surface area contributed by atoms with Crippen molar-refractivity contribution < 1.29 is 14.3 Å². The molecule has 0 radical (unpaired) electrons. The molecule has 1 aliphatic rings. The van der Waals surface area contributed by atoms with Crippen LogP contribution in [0, 0.1) is 0 Å². The molecule has 7 nitrogen and oxygen atoms in total. The molecule has 7 heteroatoms. The number of rotatable bonds is 6. The van der Waals surface area contributed by atoms with Crippen molar-refractivity contribution in [1.82, 2.24) is 9.78 Å². The Labute approximate surface area is 180 Å². The number of aromatic nitrogens is 2. The van der Waals surface area contributed by atoms with Crippen LogP contribution < -0.4 is 20.3 Å². The van der Waals surface area contributed by atoms with Gasteiger partial charge in [0.25, 0.3) is 5.56 Å². The molecule has 2 aromatic carbocycles. The minimum atomic E-state index is -0.365. The second kappa shape index (κ2) is 9.04. The summed E-state index contributed by atoms with van der Waals surface area (Å²) in [5, 5.41) is 7.41. The molecule has 0 unspecified atom stereocenters. The average molecular weight is 419 g/mol. The molecule has 1 heterocycles. The summed E-state index contributed by atoms with van der Waals surface area (Å²) in [6.07, 6.45) is 3.54. The van der Waals surface area contributed by atoms with Gasteiger partial charge in [0.05, 0.1) is 25.6 Å². The van der Waals surface area contributed by atoms with Crippen molar-refractivity contribution in [3.05, 3.63) is 70.0 Å². The van der Waals surface area contributed by atoms with Crippen molar-refractivity contribution in [2.24, 2.45) is 0 Å². The van der Waals surface area contributed by atoms with E-state index in [1.54, 1.807) is 25.3 Å². The molecule has 160 valence electrons. The van der Waals surface area contributed by atoms with Crippen LogP contribution in [-0.2, 0) is 24.2 Å². The van der Waals surface area contributed by atoms with Crippen LogP contribution in [0.15, 0.2) is 53.3 Å². The molecular weight excluding hydrogens is 394 g/mol. The minimum absolute atomic E-state index is 0.188. The third-order valence-corrected chi connectivity index (χ3v) is 5.49. The van der Waals surface area contributed by atoms with Gasteiger partial charge in [-0.2, -0.15) is 5.10 Å². The molecule has 0 atom stereocenters. The fraction of sp³-hybridized carbons (Fsp3) is 0.292. The summed E-state index contributed by atoms with van der Waals surface area (Å²) in [7, 11) is 3.08. The van der Waals surface area contributed by atoms with Crippen LogP contribution in [0.4, 0.5) is 5.69 Å². The summed E-state index contributed by atoms with van der Waals surface area (Å²) in [5.74, 6) is 0.729. The second-order valence-electron chi connectivity index (χ2n) is 7.46. The standard InChI is InChI=1S/C24H25N3O4/c1-30-17-12-13-21(31-2)20(14-17)25-22(28)15-27-24(29)19-11-7-6-10-18(19)23(26-27)16-8-4-3-5-9-16/h3-5,8-9,12-14H,6-7,10-11,15H2,1-2H3,(H,25,28). The first kappa shape index (κ1) is 20.7. The van der Waals surface area contributed by atoms with E-state index >= 15 is 0 Å². The van der Waals surface area contributed by atoms with Gasteiger partial charge >= 0.3 is 0 Å². The molecule has 1 amide bonds. The third kappa shape index (κ3) is 4.30. The molecule has 1 aliphatic carbocycles. The van der Waals surface area contributed by atoms with E-state index in [0.29, 0.717) is 23.6 Å². The van der Waals surface area contributed by atoms with E-state index in [2.05, 4.69) is 10.4 Å². The summed E-state index contributed by atoms with van der Waals surface area (Å²) < 4.78 is 11.8. The highest BCUT2D eigenvalue weighted by Crippen LogP contribution is 2.30. The predicted molar refractivity (Wildman–Crippen MR) is 119 cm³/mol. The van der Waals surface area contributed by atoms with Gasteiger partial charge in [0.15, 0.2) is 0 Å². The third-order valence-electron chi connectivity index (χ3n) is 5.49. The van der Waals surface area contributed by atoms with Crippen LogP contribution in [0.1, 0.15) is 24.0 Å². The molecule has 1 aromatic heterocycles. The fourth-order valence-electron chi connectivity index (χ4n) is 3.96. The molecule has 3 aromatic rings. The number of nitrogens with one attached hydrogen (secondary N) is 1. The van der Waals surface area contributed by atoms with Crippen molar-refractivity contribution in [2.75, 3.05) is 19.5 Å². The predicted octanol–water partition coefficient (Wildman–Crippen LogP) is 3.45. The topological polar surface area (TPSA) is 82.4 Å². The highest BCUT2D eigenvalue weighted by Gasteiger charge is 2.22. The first-order valence-corrected chi connectivity index (χ1v) is 10.3. The molecule has 0 spiro atoms. The maximum Gasteiger partial charge on any atom is 0.270 e. The number of ether oxygens (including phenoxy) is 2. The highest BCUT2D eigenvalue weighted by atomic mass is 16.5. The second-order valence-corrected chi connectivity index (χ2v) is 7.46. The lowest BCUT2D eigenvalue weighted by Crippen LogP contribution is -2.34. The number of hydrogen-bond acceptors (Lipinski definition) is 5. The molecule has 4 rings (SSSR count). The minimum Gasteiger partial charge on any atom is -0.497 e. The fourth-order valence-corrected chi connectivity index (χ4v) is 3.96. The summed E-state index contributed by atoms with van der Waals surface area (Å²) >= 11 is 0. The Morgan fingerprint density at radius 1 is 1.03 bits per heavy atom. The van der Waals surface area contributed by atoms with Crippen molar-refractivity contribution in [1.29, 1.82) is 0 Å². The number of carbonyl (C=O) groups excluding carboxylic acids is 1. The molecule has 0 saturated heterocycles. The lowest BCUT2D eigenvalue weighted by molar-refractivity contribution is -0.117. The molecule has 0 aliphatic heterocycles. The molecule has 0 saturated carbocycles. The lowest BCUT2D eigenvalue weighted by atomic mass is 9.90. The number of methoxy groups -OCH3 is 2. The summed E-state index contributed by atoms with van der Waals surface area (Å²) in [4.78, 5) is 25.9. The normalized spacial score (nSPS) is 12.7.